The highest BCUT2D eigenvalue weighted by Gasteiger charge is 2.03. The van der Waals surface area contributed by atoms with Gasteiger partial charge in [-0.3, -0.25) is 0 Å². The molecule has 0 saturated carbocycles. The Morgan fingerprint density at radius 3 is 3.00 bits per heavy atom. The lowest BCUT2D eigenvalue weighted by molar-refractivity contribution is 0.349. The molecule has 0 aromatic carbocycles. The number of aromatic nitrogens is 2. The third-order valence-electron chi connectivity index (χ3n) is 3.38. The first-order chi connectivity index (χ1) is 10.6. The molecule has 3 heterocycles. The molecule has 3 nitrogen and oxygen atoms in total. The molecule has 0 aliphatic heterocycles. The number of nitrogens with one attached hydrogen (secondary N) is 1. The van der Waals surface area contributed by atoms with Crippen molar-refractivity contribution in [2.45, 2.75) is 13.5 Å². The van der Waals surface area contributed by atoms with Crippen LogP contribution in [0.1, 0.15) is 22.4 Å². The number of halogens is 1. The van der Waals surface area contributed by atoms with Gasteiger partial charge in [-0.05, 0) is 49.7 Å². The van der Waals surface area contributed by atoms with E-state index in [2.05, 4.69) is 46.7 Å². The number of nitrogens with zero attached hydrogens (tertiary/aromatic N) is 2. The van der Waals surface area contributed by atoms with Crippen molar-refractivity contribution >= 4 is 22.4 Å². The molecule has 0 bridgehead atoms. The second kappa shape index (κ2) is 6.30. The molecular formula is C17H16FN3S. The highest BCUT2D eigenvalue weighted by Crippen LogP contribution is 2.18. The van der Waals surface area contributed by atoms with Gasteiger partial charge in [-0.2, -0.15) is 0 Å². The lowest BCUT2D eigenvalue weighted by Crippen LogP contribution is -2.15. The fourth-order valence-corrected chi connectivity index (χ4v) is 3.03. The standard InChI is InChI=1S/C17H16FN3S/c1-3-21(2)11-16-7-6-15(22-16)5-4-14-9-12-8-13(18)10-19-17(12)20-14/h6-10H,3,11H2,1-2H3,(H,19,20). The molecule has 0 amide bonds. The number of aromatic amines is 1. The third kappa shape index (κ3) is 3.35. The van der Waals surface area contributed by atoms with Crippen LogP contribution in [0.15, 0.2) is 30.5 Å². The van der Waals surface area contributed by atoms with Gasteiger partial charge in [0.2, 0.25) is 0 Å². The molecule has 5 heteroatoms. The van der Waals surface area contributed by atoms with E-state index in [0.717, 1.165) is 29.0 Å². The van der Waals surface area contributed by atoms with E-state index in [1.165, 1.54) is 17.1 Å². The zero-order valence-corrected chi connectivity index (χ0v) is 13.3. The van der Waals surface area contributed by atoms with Crippen molar-refractivity contribution in [2.75, 3.05) is 13.6 Å². The number of pyridine rings is 1. The average Bonchev–Trinajstić information content (AvgIpc) is 3.10. The van der Waals surface area contributed by atoms with Gasteiger partial charge < -0.3 is 9.88 Å². The molecule has 0 unspecified atom stereocenters. The van der Waals surface area contributed by atoms with Gasteiger partial charge in [-0.1, -0.05) is 6.92 Å². The maximum atomic E-state index is 13.1. The predicted octanol–water partition coefficient (Wildman–Crippen LogP) is 3.62. The smallest absolute Gasteiger partial charge is 0.142 e. The zero-order chi connectivity index (χ0) is 15.5. The molecule has 1 N–H and O–H groups in total. The second-order valence-corrected chi connectivity index (χ2v) is 6.29. The van der Waals surface area contributed by atoms with E-state index in [9.17, 15) is 4.39 Å². The Balaban J connectivity index is 1.79. The van der Waals surface area contributed by atoms with Crippen molar-refractivity contribution < 1.29 is 4.39 Å². The Morgan fingerprint density at radius 1 is 1.32 bits per heavy atom. The molecule has 0 radical (unpaired) electrons. The van der Waals surface area contributed by atoms with Crippen LogP contribution in [-0.4, -0.2) is 28.5 Å². The monoisotopic (exact) mass is 313 g/mol. The number of rotatable bonds is 3. The van der Waals surface area contributed by atoms with E-state index in [0.29, 0.717) is 5.65 Å². The largest absolute Gasteiger partial charge is 0.333 e. The molecule has 0 aliphatic rings. The Bertz CT molecular complexity index is 854. The molecule has 0 spiro atoms. The third-order valence-corrected chi connectivity index (χ3v) is 4.37. The van der Waals surface area contributed by atoms with Gasteiger partial charge in [0.25, 0.3) is 0 Å². The molecule has 112 valence electrons. The van der Waals surface area contributed by atoms with Crippen molar-refractivity contribution in [1.82, 2.24) is 14.9 Å². The zero-order valence-electron chi connectivity index (χ0n) is 12.5. The van der Waals surface area contributed by atoms with Crippen molar-refractivity contribution in [3.05, 3.63) is 51.7 Å². The summed E-state index contributed by atoms with van der Waals surface area (Å²) in [5.74, 6) is 5.89. The van der Waals surface area contributed by atoms with Crippen LogP contribution in [0, 0.1) is 17.7 Å². The summed E-state index contributed by atoms with van der Waals surface area (Å²) in [4.78, 5) is 11.7. The summed E-state index contributed by atoms with van der Waals surface area (Å²) in [5, 5.41) is 0.737. The van der Waals surface area contributed by atoms with E-state index >= 15 is 0 Å². The molecule has 0 fully saturated rings. The van der Waals surface area contributed by atoms with Crippen LogP contribution in [0.2, 0.25) is 0 Å². The Morgan fingerprint density at radius 2 is 2.18 bits per heavy atom. The van der Waals surface area contributed by atoms with E-state index in [-0.39, 0.29) is 5.82 Å². The number of hydrogen-bond acceptors (Lipinski definition) is 3. The van der Waals surface area contributed by atoms with Crippen LogP contribution in [0.4, 0.5) is 4.39 Å². The van der Waals surface area contributed by atoms with Gasteiger partial charge in [-0.15, -0.1) is 11.3 Å². The van der Waals surface area contributed by atoms with Crippen LogP contribution in [-0.2, 0) is 6.54 Å². The summed E-state index contributed by atoms with van der Waals surface area (Å²) in [6.07, 6.45) is 1.20. The summed E-state index contributed by atoms with van der Waals surface area (Å²) < 4.78 is 13.1. The van der Waals surface area contributed by atoms with Crippen molar-refractivity contribution in [1.29, 1.82) is 0 Å². The number of H-pyrrole nitrogens is 1. The van der Waals surface area contributed by atoms with Crippen molar-refractivity contribution in [3.63, 3.8) is 0 Å². The average molecular weight is 313 g/mol. The van der Waals surface area contributed by atoms with E-state index in [1.807, 2.05) is 12.1 Å². The van der Waals surface area contributed by atoms with Crippen LogP contribution in [0.5, 0.6) is 0 Å². The maximum Gasteiger partial charge on any atom is 0.142 e. The minimum atomic E-state index is -0.339. The van der Waals surface area contributed by atoms with E-state index in [1.54, 1.807) is 11.3 Å². The van der Waals surface area contributed by atoms with E-state index in [4.69, 9.17) is 0 Å². The second-order valence-electron chi connectivity index (χ2n) is 5.12. The molecule has 3 aromatic rings. The molecular weight excluding hydrogens is 297 g/mol. The highest BCUT2D eigenvalue weighted by atomic mass is 32.1. The van der Waals surface area contributed by atoms with E-state index < -0.39 is 0 Å². The minimum Gasteiger partial charge on any atom is -0.333 e. The van der Waals surface area contributed by atoms with Crippen molar-refractivity contribution in [2.24, 2.45) is 0 Å². The summed E-state index contributed by atoms with van der Waals surface area (Å²) in [7, 11) is 2.10. The molecule has 3 aromatic heterocycles. The van der Waals surface area contributed by atoms with Crippen LogP contribution >= 0.6 is 11.3 Å². The van der Waals surface area contributed by atoms with Gasteiger partial charge in [0.05, 0.1) is 16.8 Å². The minimum absolute atomic E-state index is 0.339. The quantitative estimate of drug-likeness (QED) is 0.749. The van der Waals surface area contributed by atoms with Gasteiger partial charge in [-0.25, -0.2) is 9.37 Å². The fraction of sp³-hybridized carbons (Fsp3) is 0.235. The summed E-state index contributed by atoms with van der Waals surface area (Å²) >= 11 is 1.70. The van der Waals surface area contributed by atoms with Crippen LogP contribution in [0.25, 0.3) is 11.0 Å². The van der Waals surface area contributed by atoms with Crippen LogP contribution in [0.3, 0.4) is 0 Å². The lowest BCUT2D eigenvalue weighted by atomic mass is 10.3. The Labute approximate surface area is 132 Å². The number of hydrogen-bond donors (Lipinski definition) is 1. The molecule has 22 heavy (non-hydrogen) atoms. The first-order valence-electron chi connectivity index (χ1n) is 7.07. The number of fused-ring (bicyclic) bond motifs is 1. The van der Waals surface area contributed by atoms with Gasteiger partial charge in [0.15, 0.2) is 0 Å². The fourth-order valence-electron chi connectivity index (χ4n) is 2.09. The normalized spacial score (nSPS) is 10.9. The Kier molecular flexibility index (Phi) is 4.23. The van der Waals surface area contributed by atoms with Gasteiger partial charge >= 0.3 is 0 Å². The van der Waals surface area contributed by atoms with Crippen molar-refractivity contribution in [3.8, 4) is 11.8 Å². The Hall–Kier alpha value is -2.16. The first-order valence-corrected chi connectivity index (χ1v) is 7.89. The number of thiophene rings is 1. The topological polar surface area (TPSA) is 31.9 Å². The summed E-state index contributed by atoms with van der Waals surface area (Å²) in [6, 6.07) is 7.42. The summed E-state index contributed by atoms with van der Waals surface area (Å²) in [5.41, 5.74) is 1.40. The van der Waals surface area contributed by atoms with Gasteiger partial charge in [0, 0.05) is 16.8 Å². The molecule has 3 rings (SSSR count). The SMILES string of the molecule is CCN(C)Cc1ccc(C#Cc2cc3cc(F)cnc3[nH]2)s1. The maximum absolute atomic E-state index is 13.1. The molecule has 0 saturated heterocycles. The van der Waals surface area contributed by atoms with Crippen LogP contribution < -0.4 is 0 Å². The molecule has 0 atom stereocenters. The summed E-state index contributed by atoms with van der Waals surface area (Å²) in [6.45, 7) is 4.11. The highest BCUT2D eigenvalue weighted by molar-refractivity contribution is 7.12. The first kappa shape index (κ1) is 14.8. The van der Waals surface area contributed by atoms with Gasteiger partial charge in [0.1, 0.15) is 11.5 Å². The molecule has 0 aliphatic carbocycles. The predicted molar refractivity (Wildman–Crippen MR) is 88.4 cm³/mol. The lowest BCUT2D eigenvalue weighted by Gasteiger charge is -2.11.